The molecule has 1 heterocycles. The van der Waals surface area contributed by atoms with Crippen LogP contribution in [0, 0.1) is 0 Å². The van der Waals surface area contributed by atoms with Gasteiger partial charge >= 0.3 is 0 Å². The van der Waals surface area contributed by atoms with Crippen molar-refractivity contribution in [3.8, 4) is 5.75 Å². The lowest BCUT2D eigenvalue weighted by molar-refractivity contribution is -0.127. The Balaban J connectivity index is 1.84. The van der Waals surface area contributed by atoms with E-state index in [1.54, 1.807) is 37.4 Å². The average molecular weight is 291 g/mol. The van der Waals surface area contributed by atoms with E-state index in [0.29, 0.717) is 17.3 Å². The summed E-state index contributed by atoms with van der Waals surface area (Å²) in [5.41, 5.74) is 0.805. The maximum Gasteiger partial charge on any atom is 0.261 e. The maximum absolute atomic E-state index is 11.9. The Labute approximate surface area is 122 Å². The Kier molecular flexibility index (Phi) is 4.96. The molecule has 0 aliphatic heterocycles. The van der Waals surface area contributed by atoms with E-state index in [9.17, 15) is 4.79 Å². The molecular weight excluding hydrogens is 276 g/mol. The van der Waals surface area contributed by atoms with Crippen molar-refractivity contribution >= 4 is 17.5 Å². The van der Waals surface area contributed by atoms with E-state index in [0.717, 1.165) is 5.69 Å². The van der Waals surface area contributed by atoms with Gasteiger partial charge in [0.15, 0.2) is 6.10 Å². The van der Waals surface area contributed by atoms with E-state index >= 15 is 0 Å². The van der Waals surface area contributed by atoms with Gasteiger partial charge in [0.1, 0.15) is 5.75 Å². The van der Waals surface area contributed by atoms with Crippen LogP contribution in [0.15, 0.2) is 48.7 Å². The van der Waals surface area contributed by atoms with Crippen LogP contribution in [0.1, 0.15) is 12.6 Å². The average Bonchev–Trinajstić information content (AvgIpc) is 2.48. The van der Waals surface area contributed by atoms with Gasteiger partial charge in [0, 0.05) is 11.2 Å². The second kappa shape index (κ2) is 6.91. The molecule has 1 N–H and O–H groups in total. The van der Waals surface area contributed by atoms with Crippen molar-refractivity contribution < 1.29 is 9.53 Å². The molecule has 2 aromatic rings. The first kappa shape index (κ1) is 14.3. The molecule has 1 aromatic carbocycles. The summed E-state index contributed by atoms with van der Waals surface area (Å²) >= 11 is 5.79. The number of benzene rings is 1. The van der Waals surface area contributed by atoms with Gasteiger partial charge in [0.2, 0.25) is 0 Å². The second-order valence-electron chi connectivity index (χ2n) is 4.25. The smallest absolute Gasteiger partial charge is 0.261 e. The van der Waals surface area contributed by atoms with Gasteiger partial charge in [-0.2, -0.15) is 0 Å². The standard InChI is InChI=1S/C15H15ClN2O2/c1-11(20-14-7-5-12(16)6-8-14)15(19)18-10-13-4-2-3-9-17-13/h2-9,11H,10H2,1H3,(H,18,19). The van der Waals surface area contributed by atoms with Gasteiger partial charge in [-0.3, -0.25) is 9.78 Å². The molecule has 0 saturated heterocycles. The molecule has 0 radical (unpaired) electrons. The highest BCUT2D eigenvalue weighted by Gasteiger charge is 2.14. The van der Waals surface area contributed by atoms with Crippen LogP contribution in [0.5, 0.6) is 5.75 Å². The SMILES string of the molecule is CC(Oc1ccc(Cl)cc1)C(=O)NCc1ccccn1. The van der Waals surface area contributed by atoms with Crippen molar-refractivity contribution in [1.82, 2.24) is 10.3 Å². The zero-order chi connectivity index (χ0) is 14.4. The molecule has 0 bridgehead atoms. The Morgan fingerprint density at radius 2 is 2.05 bits per heavy atom. The number of hydrogen-bond donors (Lipinski definition) is 1. The van der Waals surface area contributed by atoms with Crippen molar-refractivity contribution in [3.63, 3.8) is 0 Å². The highest BCUT2D eigenvalue weighted by molar-refractivity contribution is 6.30. The monoisotopic (exact) mass is 290 g/mol. The molecule has 2 rings (SSSR count). The van der Waals surface area contributed by atoms with Gasteiger partial charge in [-0.1, -0.05) is 17.7 Å². The quantitative estimate of drug-likeness (QED) is 0.921. The summed E-state index contributed by atoms with van der Waals surface area (Å²) in [6, 6.07) is 12.4. The number of halogens is 1. The lowest BCUT2D eigenvalue weighted by Crippen LogP contribution is -2.36. The predicted molar refractivity (Wildman–Crippen MR) is 77.6 cm³/mol. The molecule has 20 heavy (non-hydrogen) atoms. The first-order chi connectivity index (χ1) is 9.65. The Bertz CT molecular complexity index is 558. The van der Waals surface area contributed by atoms with E-state index in [1.165, 1.54) is 0 Å². The lowest BCUT2D eigenvalue weighted by atomic mass is 10.3. The predicted octanol–water partition coefficient (Wildman–Crippen LogP) is 2.82. The molecule has 104 valence electrons. The fraction of sp³-hybridized carbons (Fsp3) is 0.200. The van der Waals surface area contributed by atoms with Crippen LogP contribution in [0.4, 0.5) is 0 Å². The third-order valence-corrected chi connectivity index (χ3v) is 2.92. The topological polar surface area (TPSA) is 51.2 Å². The Morgan fingerprint density at radius 1 is 1.30 bits per heavy atom. The van der Waals surface area contributed by atoms with E-state index in [2.05, 4.69) is 10.3 Å². The van der Waals surface area contributed by atoms with Crippen LogP contribution >= 0.6 is 11.6 Å². The minimum Gasteiger partial charge on any atom is -0.481 e. The number of carbonyl (C=O) groups excluding carboxylic acids is 1. The summed E-state index contributed by atoms with van der Waals surface area (Å²) in [6.07, 6.45) is 1.11. The molecule has 1 unspecified atom stereocenters. The van der Waals surface area contributed by atoms with Crippen molar-refractivity contribution in [2.45, 2.75) is 19.6 Å². The number of amides is 1. The number of carbonyl (C=O) groups is 1. The molecule has 0 aliphatic carbocycles. The van der Waals surface area contributed by atoms with Crippen LogP contribution in [0.2, 0.25) is 5.02 Å². The van der Waals surface area contributed by atoms with Gasteiger partial charge in [0.25, 0.3) is 5.91 Å². The Hall–Kier alpha value is -2.07. The van der Waals surface area contributed by atoms with E-state index in [1.807, 2.05) is 18.2 Å². The summed E-state index contributed by atoms with van der Waals surface area (Å²) < 4.78 is 5.53. The minimum atomic E-state index is -0.583. The van der Waals surface area contributed by atoms with E-state index < -0.39 is 6.10 Å². The number of hydrogen-bond acceptors (Lipinski definition) is 3. The molecule has 0 saturated carbocycles. The molecule has 0 aliphatic rings. The molecular formula is C15H15ClN2O2. The highest BCUT2D eigenvalue weighted by Crippen LogP contribution is 2.16. The normalized spacial score (nSPS) is 11.7. The number of pyridine rings is 1. The minimum absolute atomic E-state index is 0.189. The zero-order valence-electron chi connectivity index (χ0n) is 11.0. The van der Waals surface area contributed by atoms with Crippen molar-refractivity contribution in [2.75, 3.05) is 0 Å². The summed E-state index contributed by atoms with van der Waals surface area (Å²) in [7, 11) is 0. The van der Waals surface area contributed by atoms with Gasteiger partial charge in [-0.25, -0.2) is 0 Å². The first-order valence-corrected chi connectivity index (χ1v) is 6.63. The van der Waals surface area contributed by atoms with E-state index in [4.69, 9.17) is 16.3 Å². The molecule has 1 amide bonds. The number of rotatable bonds is 5. The van der Waals surface area contributed by atoms with Crippen LogP contribution in [-0.4, -0.2) is 17.0 Å². The molecule has 0 fully saturated rings. The van der Waals surface area contributed by atoms with Crippen LogP contribution in [-0.2, 0) is 11.3 Å². The summed E-state index contributed by atoms with van der Waals surface area (Å²) in [6.45, 7) is 2.08. The molecule has 4 nitrogen and oxygen atoms in total. The van der Waals surface area contributed by atoms with Gasteiger partial charge < -0.3 is 10.1 Å². The third-order valence-electron chi connectivity index (χ3n) is 2.67. The summed E-state index contributed by atoms with van der Waals surface area (Å²) in [4.78, 5) is 16.0. The summed E-state index contributed by atoms with van der Waals surface area (Å²) in [5, 5.41) is 3.41. The van der Waals surface area contributed by atoms with Crippen LogP contribution in [0.3, 0.4) is 0 Å². The Morgan fingerprint density at radius 3 is 2.70 bits per heavy atom. The van der Waals surface area contributed by atoms with E-state index in [-0.39, 0.29) is 5.91 Å². The van der Waals surface area contributed by atoms with Crippen molar-refractivity contribution in [1.29, 1.82) is 0 Å². The first-order valence-electron chi connectivity index (χ1n) is 6.25. The fourth-order valence-electron chi connectivity index (χ4n) is 1.59. The fourth-order valence-corrected chi connectivity index (χ4v) is 1.72. The molecule has 1 aromatic heterocycles. The number of aromatic nitrogens is 1. The lowest BCUT2D eigenvalue weighted by Gasteiger charge is -2.14. The van der Waals surface area contributed by atoms with Crippen molar-refractivity contribution in [2.24, 2.45) is 0 Å². The third kappa shape index (κ3) is 4.24. The van der Waals surface area contributed by atoms with Crippen LogP contribution in [0.25, 0.3) is 0 Å². The van der Waals surface area contributed by atoms with Gasteiger partial charge in [-0.05, 0) is 43.3 Å². The number of nitrogens with one attached hydrogen (secondary N) is 1. The largest absolute Gasteiger partial charge is 0.481 e. The van der Waals surface area contributed by atoms with Crippen molar-refractivity contribution in [3.05, 3.63) is 59.4 Å². The maximum atomic E-state index is 11.9. The molecule has 1 atom stereocenters. The van der Waals surface area contributed by atoms with Crippen LogP contribution < -0.4 is 10.1 Å². The number of ether oxygens (including phenoxy) is 1. The summed E-state index contributed by atoms with van der Waals surface area (Å²) in [5.74, 6) is 0.417. The number of nitrogens with zero attached hydrogens (tertiary/aromatic N) is 1. The zero-order valence-corrected chi connectivity index (χ0v) is 11.8. The van der Waals surface area contributed by atoms with Gasteiger partial charge in [0.05, 0.1) is 12.2 Å². The second-order valence-corrected chi connectivity index (χ2v) is 4.69. The highest BCUT2D eigenvalue weighted by atomic mass is 35.5. The molecule has 0 spiro atoms. The molecule has 5 heteroatoms. The van der Waals surface area contributed by atoms with Gasteiger partial charge in [-0.15, -0.1) is 0 Å².